The zero-order valence-corrected chi connectivity index (χ0v) is 11.8. The zero-order valence-electron chi connectivity index (χ0n) is 11.1. The monoisotopic (exact) mass is 266 g/mol. The van der Waals surface area contributed by atoms with Crippen molar-refractivity contribution in [1.29, 1.82) is 5.26 Å². The first-order valence-corrected chi connectivity index (χ1v) is 6.42. The Kier molecular flexibility index (Phi) is 5.90. The predicted octanol–water partition coefficient (Wildman–Crippen LogP) is 2.75. The number of pyridine rings is 1. The molecule has 0 aliphatic carbocycles. The molecule has 1 N–H and O–H groups in total. The highest BCUT2D eigenvalue weighted by molar-refractivity contribution is 6.34. The van der Waals surface area contributed by atoms with E-state index < -0.39 is 0 Å². The number of hydrogen-bond acceptors (Lipinski definition) is 4. The van der Waals surface area contributed by atoms with Gasteiger partial charge in [-0.15, -0.1) is 0 Å². The van der Waals surface area contributed by atoms with E-state index in [-0.39, 0.29) is 0 Å². The number of nitrogens with zero attached hydrogens (tertiary/aromatic N) is 3. The molecular formula is C13H19ClN4. The molecule has 1 aromatic rings. The molecule has 0 aromatic carbocycles. The molecule has 0 radical (unpaired) electrons. The summed E-state index contributed by atoms with van der Waals surface area (Å²) in [6.07, 6.45) is 2.59. The second kappa shape index (κ2) is 7.20. The number of aromatic nitrogens is 1. The Morgan fingerprint density at radius 1 is 1.56 bits per heavy atom. The molecule has 1 rings (SSSR count). The lowest BCUT2D eigenvalue weighted by Crippen LogP contribution is -2.28. The lowest BCUT2D eigenvalue weighted by atomic mass is 10.3. The summed E-state index contributed by atoms with van der Waals surface area (Å²) in [6.45, 7) is 6.14. The molecule has 4 nitrogen and oxygen atoms in total. The number of rotatable bonds is 6. The number of nitrogens with one attached hydrogen (secondary N) is 1. The van der Waals surface area contributed by atoms with Crippen LogP contribution >= 0.6 is 11.6 Å². The summed E-state index contributed by atoms with van der Waals surface area (Å²) in [5, 5.41) is 12.4. The van der Waals surface area contributed by atoms with E-state index in [1.54, 1.807) is 12.3 Å². The molecule has 0 spiro atoms. The van der Waals surface area contributed by atoms with Crippen molar-refractivity contribution in [2.75, 3.05) is 25.5 Å². The van der Waals surface area contributed by atoms with Crippen molar-refractivity contribution >= 4 is 17.4 Å². The Hall–Kier alpha value is -1.31. The predicted molar refractivity (Wildman–Crippen MR) is 74.8 cm³/mol. The van der Waals surface area contributed by atoms with Crippen LogP contribution in [0.1, 0.15) is 25.8 Å². The van der Waals surface area contributed by atoms with Crippen molar-refractivity contribution in [3.8, 4) is 6.07 Å². The summed E-state index contributed by atoms with van der Waals surface area (Å²) in [6, 6.07) is 4.20. The molecule has 1 aromatic heterocycles. The van der Waals surface area contributed by atoms with Gasteiger partial charge in [0.2, 0.25) is 0 Å². The van der Waals surface area contributed by atoms with Crippen LogP contribution < -0.4 is 5.32 Å². The van der Waals surface area contributed by atoms with Crippen molar-refractivity contribution in [3.05, 3.63) is 22.8 Å². The first-order valence-electron chi connectivity index (χ1n) is 6.05. The fourth-order valence-electron chi connectivity index (χ4n) is 1.45. The van der Waals surface area contributed by atoms with Crippen LogP contribution in [0.5, 0.6) is 0 Å². The van der Waals surface area contributed by atoms with E-state index in [4.69, 9.17) is 16.9 Å². The molecule has 0 saturated carbocycles. The second-order valence-corrected chi connectivity index (χ2v) is 4.87. The third kappa shape index (κ3) is 4.17. The third-order valence-electron chi connectivity index (χ3n) is 2.87. The summed E-state index contributed by atoms with van der Waals surface area (Å²) in [7, 11) is 2.10. The highest BCUT2D eigenvalue weighted by Gasteiger charge is 2.07. The molecule has 98 valence electrons. The summed E-state index contributed by atoms with van der Waals surface area (Å²) in [4.78, 5) is 6.41. The standard InChI is InChI=1S/C13H19ClN4/c1-10(2)18(3)8-4-6-16-13-12(14)11(9-15)5-7-17-13/h5,7,10H,4,6,8H2,1-3H3,(H,16,17). The van der Waals surface area contributed by atoms with Crippen LogP contribution in [0.4, 0.5) is 5.82 Å². The quantitative estimate of drug-likeness (QED) is 0.805. The number of anilines is 1. The Balaban J connectivity index is 2.43. The van der Waals surface area contributed by atoms with E-state index in [1.807, 2.05) is 6.07 Å². The molecule has 0 aliphatic heterocycles. The topological polar surface area (TPSA) is 52.0 Å². The van der Waals surface area contributed by atoms with Gasteiger partial charge < -0.3 is 10.2 Å². The van der Waals surface area contributed by atoms with Gasteiger partial charge >= 0.3 is 0 Å². The van der Waals surface area contributed by atoms with Crippen LogP contribution in [0, 0.1) is 11.3 Å². The minimum atomic E-state index is 0.400. The fourth-order valence-corrected chi connectivity index (χ4v) is 1.67. The molecule has 5 heteroatoms. The van der Waals surface area contributed by atoms with E-state index >= 15 is 0 Å². The molecule has 0 fully saturated rings. The molecule has 18 heavy (non-hydrogen) atoms. The van der Waals surface area contributed by atoms with Gasteiger partial charge in [0.15, 0.2) is 0 Å². The first kappa shape index (κ1) is 14.7. The largest absolute Gasteiger partial charge is 0.369 e. The van der Waals surface area contributed by atoms with Crippen molar-refractivity contribution in [3.63, 3.8) is 0 Å². The van der Waals surface area contributed by atoms with Gasteiger partial charge in [-0.25, -0.2) is 4.98 Å². The summed E-state index contributed by atoms with van der Waals surface area (Å²) >= 11 is 6.04. The maximum Gasteiger partial charge on any atom is 0.146 e. The number of hydrogen-bond donors (Lipinski definition) is 1. The van der Waals surface area contributed by atoms with Crippen LogP contribution in [0.3, 0.4) is 0 Å². The highest BCUT2D eigenvalue weighted by Crippen LogP contribution is 2.22. The Morgan fingerprint density at radius 3 is 2.89 bits per heavy atom. The van der Waals surface area contributed by atoms with Crippen LogP contribution in [-0.4, -0.2) is 36.1 Å². The zero-order chi connectivity index (χ0) is 13.5. The van der Waals surface area contributed by atoms with Gasteiger partial charge in [-0.05, 0) is 39.9 Å². The van der Waals surface area contributed by atoms with Crippen LogP contribution in [0.2, 0.25) is 5.02 Å². The highest BCUT2D eigenvalue weighted by atomic mass is 35.5. The fraction of sp³-hybridized carbons (Fsp3) is 0.538. The Morgan fingerprint density at radius 2 is 2.28 bits per heavy atom. The average molecular weight is 267 g/mol. The van der Waals surface area contributed by atoms with E-state index in [2.05, 4.69) is 36.1 Å². The van der Waals surface area contributed by atoms with Crippen molar-refractivity contribution in [1.82, 2.24) is 9.88 Å². The van der Waals surface area contributed by atoms with Gasteiger partial charge in [0.1, 0.15) is 16.9 Å². The molecular weight excluding hydrogens is 248 g/mol. The van der Waals surface area contributed by atoms with Gasteiger partial charge in [0.05, 0.1) is 5.56 Å². The lowest BCUT2D eigenvalue weighted by Gasteiger charge is -2.20. The molecule has 0 bridgehead atoms. The Bertz CT molecular complexity index is 425. The summed E-state index contributed by atoms with van der Waals surface area (Å²) in [5.74, 6) is 0.586. The van der Waals surface area contributed by atoms with Crippen molar-refractivity contribution in [2.45, 2.75) is 26.3 Å². The van der Waals surface area contributed by atoms with Crippen molar-refractivity contribution < 1.29 is 0 Å². The third-order valence-corrected chi connectivity index (χ3v) is 3.25. The van der Waals surface area contributed by atoms with Crippen LogP contribution in [0.15, 0.2) is 12.3 Å². The average Bonchev–Trinajstić information content (AvgIpc) is 2.35. The maximum atomic E-state index is 8.85. The van der Waals surface area contributed by atoms with Crippen LogP contribution in [0.25, 0.3) is 0 Å². The molecule has 1 heterocycles. The molecule has 0 saturated heterocycles. The minimum Gasteiger partial charge on any atom is -0.369 e. The molecule has 0 amide bonds. The van der Waals surface area contributed by atoms with Gasteiger partial charge in [0.25, 0.3) is 0 Å². The van der Waals surface area contributed by atoms with Gasteiger partial charge in [-0.1, -0.05) is 11.6 Å². The lowest BCUT2D eigenvalue weighted by molar-refractivity contribution is 0.273. The van der Waals surface area contributed by atoms with Gasteiger partial charge in [-0.3, -0.25) is 0 Å². The minimum absolute atomic E-state index is 0.400. The Labute approximate surface area is 114 Å². The van der Waals surface area contributed by atoms with E-state index in [0.29, 0.717) is 22.4 Å². The van der Waals surface area contributed by atoms with E-state index in [0.717, 1.165) is 19.5 Å². The molecule has 0 aliphatic rings. The van der Waals surface area contributed by atoms with Crippen LogP contribution in [-0.2, 0) is 0 Å². The number of nitriles is 1. The van der Waals surface area contributed by atoms with E-state index in [1.165, 1.54) is 0 Å². The summed E-state index contributed by atoms with van der Waals surface area (Å²) in [5.41, 5.74) is 0.452. The SMILES string of the molecule is CC(C)N(C)CCCNc1nccc(C#N)c1Cl. The summed E-state index contributed by atoms with van der Waals surface area (Å²) < 4.78 is 0. The van der Waals surface area contributed by atoms with Crippen molar-refractivity contribution in [2.24, 2.45) is 0 Å². The second-order valence-electron chi connectivity index (χ2n) is 4.49. The molecule has 0 atom stereocenters. The number of halogens is 1. The normalized spacial score (nSPS) is 10.7. The first-order chi connectivity index (χ1) is 8.56. The smallest absolute Gasteiger partial charge is 0.146 e. The molecule has 0 unspecified atom stereocenters. The van der Waals surface area contributed by atoms with E-state index in [9.17, 15) is 0 Å². The van der Waals surface area contributed by atoms with Gasteiger partial charge in [0, 0.05) is 18.8 Å². The maximum absolute atomic E-state index is 8.85. The van der Waals surface area contributed by atoms with Gasteiger partial charge in [-0.2, -0.15) is 5.26 Å².